The summed E-state index contributed by atoms with van der Waals surface area (Å²) in [6, 6.07) is 0. The first-order valence-electron chi connectivity index (χ1n) is 7.34. The van der Waals surface area contributed by atoms with E-state index in [1.54, 1.807) is 0 Å². The van der Waals surface area contributed by atoms with Crippen molar-refractivity contribution in [3.8, 4) is 0 Å². The minimum absolute atomic E-state index is 1.18. The normalized spacial score (nSPS) is 10.4. The van der Waals surface area contributed by atoms with Gasteiger partial charge in [-0.3, -0.25) is 0 Å². The Labute approximate surface area is 108 Å². The van der Waals surface area contributed by atoms with Crippen molar-refractivity contribution in [3.05, 3.63) is 25.3 Å². The second kappa shape index (κ2) is 15.4. The molecule has 1 heteroatoms. The van der Waals surface area contributed by atoms with E-state index in [4.69, 9.17) is 0 Å². The van der Waals surface area contributed by atoms with Gasteiger partial charge in [0.1, 0.15) is 0 Å². The van der Waals surface area contributed by atoms with E-state index in [0.717, 1.165) is 0 Å². The summed E-state index contributed by atoms with van der Waals surface area (Å²) in [5.74, 6) is 0. The van der Waals surface area contributed by atoms with E-state index in [9.17, 15) is 0 Å². The van der Waals surface area contributed by atoms with Crippen molar-refractivity contribution in [1.29, 1.82) is 0 Å². The van der Waals surface area contributed by atoms with Crippen LogP contribution in [-0.2, 0) is 0 Å². The van der Waals surface area contributed by atoms with Gasteiger partial charge in [0.25, 0.3) is 0 Å². The van der Waals surface area contributed by atoms with Crippen LogP contribution in [0.3, 0.4) is 0 Å². The monoisotopic (exact) mass is 237 g/mol. The fraction of sp³-hybridized carbons (Fsp3) is 0.750. The summed E-state index contributed by atoms with van der Waals surface area (Å²) in [6.45, 7) is 9.86. The standard InChI is InChI=1S/C16H31N/c1-3-5-7-9-11-13-15-17-16-14-12-10-8-6-4-2/h3-4,17H,1-2,5-16H2. The van der Waals surface area contributed by atoms with Crippen LogP contribution in [0.1, 0.15) is 64.2 Å². The minimum atomic E-state index is 1.18. The Hall–Kier alpha value is -0.560. The Balaban J connectivity index is 2.89. The van der Waals surface area contributed by atoms with E-state index in [-0.39, 0.29) is 0 Å². The van der Waals surface area contributed by atoms with Crippen molar-refractivity contribution in [2.24, 2.45) is 0 Å². The molecule has 0 fully saturated rings. The molecule has 0 aromatic rings. The van der Waals surface area contributed by atoms with Crippen molar-refractivity contribution in [1.82, 2.24) is 5.32 Å². The smallest absolute Gasteiger partial charge is 0.00489 e. The lowest BCUT2D eigenvalue weighted by atomic mass is 10.1. The van der Waals surface area contributed by atoms with E-state index in [0.29, 0.717) is 0 Å². The highest BCUT2D eigenvalue weighted by Gasteiger charge is 1.91. The molecular formula is C16H31N. The molecule has 0 bridgehead atoms. The van der Waals surface area contributed by atoms with Crippen LogP contribution in [0.5, 0.6) is 0 Å². The summed E-state index contributed by atoms with van der Waals surface area (Å²) in [6.07, 6.45) is 17.1. The Morgan fingerprint density at radius 3 is 1.41 bits per heavy atom. The van der Waals surface area contributed by atoms with E-state index in [2.05, 4.69) is 18.5 Å². The predicted octanol–water partition coefficient (Wildman–Crippen LogP) is 4.85. The van der Waals surface area contributed by atoms with Crippen LogP contribution in [0, 0.1) is 0 Å². The highest BCUT2D eigenvalue weighted by molar-refractivity contribution is 4.66. The first kappa shape index (κ1) is 16.4. The fourth-order valence-electron chi connectivity index (χ4n) is 1.91. The molecule has 0 atom stereocenters. The van der Waals surface area contributed by atoms with Crippen molar-refractivity contribution in [2.75, 3.05) is 13.1 Å². The molecule has 0 rings (SSSR count). The fourth-order valence-corrected chi connectivity index (χ4v) is 1.91. The number of hydrogen-bond acceptors (Lipinski definition) is 1. The predicted molar refractivity (Wildman–Crippen MR) is 79.4 cm³/mol. The van der Waals surface area contributed by atoms with Gasteiger partial charge in [-0.1, -0.05) is 37.8 Å². The molecule has 17 heavy (non-hydrogen) atoms. The zero-order valence-electron chi connectivity index (χ0n) is 11.6. The van der Waals surface area contributed by atoms with Gasteiger partial charge in [0.15, 0.2) is 0 Å². The summed E-state index contributed by atoms with van der Waals surface area (Å²) >= 11 is 0. The molecule has 0 unspecified atom stereocenters. The SMILES string of the molecule is C=CCCCCCCNCCCCCCC=C. The number of rotatable bonds is 14. The van der Waals surface area contributed by atoms with Gasteiger partial charge in [0, 0.05) is 0 Å². The molecule has 0 aromatic heterocycles. The van der Waals surface area contributed by atoms with Gasteiger partial charge in [-0.25, -0.2) is 0 Å². The van der Waals surface area contributed by atoms with Crippen LogP contribution in [0.4, 0.5) is 0 Å². The molecule has 0 spiro atoms. The summed E-state index contributed by atoms with van der Waals surface area (Å²) < 4.78 is 0. The zero-order valence-corrected chi connectivity index (χ0v) is 11.6. The molecule has 0 heterocycles. The third kappa shape index (κ3) is 15.4. The topological polar surface area (TPSA) is 12.0 Å². The lowest BCUT2D eigenvalue weighted by Crippen LogP contribution is -2.16. The third-order valence-corrected chi connectivity index (χ3v) is 3.02. The molecule has 0 saturated heterocycles. The number of hydrogen-bond donors (Lipinski definition) is 1. The van der Waals surface area contributed by atoms with Crippen LogP contribution >= 0.6 is 0 Å². The highest BCUT2D eigenvalue weighted by Crippen LogP contribution is 2.03. The Morgan fingerprint density at radius 1 is 0.588 bits per heavy atom. The Kier molecular flexibility index (Phi) is 14.9. The summed E-state index contributed by atoms with van der Waals surface area (Å²) in [7, 11) is 0. The van der Waals surface area contributed by atoms with Gasteiger partial charge >= 0.3 is 0 Å². The molecule has 0 aliphatic heterocycles. The molecule has 0 aliphatic rings. The second-order valence-corrected chi connectivity index (χ2v) is 4.73. The first-order chi connectivity index (χ1) is 8.41. The van der Waals surface area contributed by atoms with Crippen LogP contribution in [0.2, 0.25) is 0 Å². The summed E-state index contributed by atoms with van der Waals surface area (Å²) in [4.78, 5) is 0. The van der Waals surface area contributed by atoms with Gasteiger partial charge < -0.3 is 5.32 Å². The van der Waals surface area contributed by atoms with Gasteiger partial charge in [-0.15, -0.1) is 13.2 Å². The van der Waals surface area contributed by atoms with Crippen molar-refractivity contribution in [2.45, 2.75) is 64.2 Å². The third-order valence-electron chi connectivity index (χ3n) is 3.02. The summed E-state index contributed by atoms with van der Waals surface area (Å²) in [5, 5.41) is 3.53. The largest absolute Gasteiger partial charge is 0.317 e. The first-order valence-corrected chi connectivity index (χ1v) is 7.34. The molecule has 0 radical (unpaired) electrons. The number of nitrogens with one attached hydrogen (secondary N) is 1. The second-order valence-electron chi connectivity index (χ2n) is 4.73. The van der Waals surface area contributed by atoms with Crippen LogP contribution in [0.15, 0.2) is 25.3 Å². The molecule has 100 valence electrons. The quantitative estimate of drug-likeness (QED) is 0.336. The van der Waals surface area contributed by atoms with E-state index in [1.807, 2.05) is 12.2 Å². The van der Waals surface area contributed by atoms with Crippen molar-refractivity contribution < 1.29 is 0 Å². The number of unbranched alkanes of at least 4 members (excludes halogenated alkanes) is 8. The average Bonchev–Trinajstić information content (AvgIpc) is 2.35. The van der Waals surface area contributed by atoms with E-state index >= 15 is 0 Å². The maximum atomic E-state index is 3.74. The highest BCUT2D eigenvalue weighted by atomic mass is 14.8. The maximum absolute atomic E-state index is 3.74. The van der Waals surface area contributed by atoms with Crippen molar-refractivity contribution >= 4 is 0 Å². The average molecular weight is 237 g/mol. The Morgan fingerprint density at radius 2 is 1.00 bits per heavy atom. The molecule has 0 aliphatic carbocycles. The molecule has 1 nitrogen and oxygen atoms in total. The van der Waals surface area contributed by atoms with E-state index in [1.165, 1.54) is 77.3 Å². The molecule has 1 N–H and O–H groups in total. The van der Waals surface area contributed by atoms with Gasteiger partial charge in [0.2, 0.25) is 0 Å². The van der Waals surface area contributed by atoms with E-state index < -0.39 is 0 Å². The van der Waals surface area contributed by atoms with Crippen molar-refractivity contribution in [3.63, 3.8) is 0 Å². The zero-order chi connectivity index (χ0) is 12.6. The lowest BCUT2D eigenvalue weighted by Gasteiger charge is -2.04. The van der Waals surface area contributed by atoms with Crippen LogP contribution < -0.4 is 5.32 Å². The molecular weight excluding hydrogens is 206 g/mol. The van der Waals surface area contributed by atoms with Crippen LogP contribution in [0.25, 0.3) is 0 Å². The van der Waals surface area contributed by atoms with Gasteiger partial charge in [0.05, 0.1) is 0 Å². The molecule has 0 aromatic carbocycles. The minimum Gasteiger partial charge on any atom is -0.317 e. The number of allylic oxidation sites excluding steroid dienone is 2. The maximum Gasteiger partial charge on any atom is -0.00489 e. The van der Waals surface area contributed by atoms with Gasteiger partial charge in [-0.05, 0) is 51.6 Å². The lowest BCUT2D eigenvalue weighted by molar-refractivity contribution is 0.557. The van der Waals surface area contributed by atoms with Gasteiger partial charge in [-0.2, -0.15) is 0 Å². The van der Waals surface area contributed by atoms with Crippen LogP contribution in [-0.4, -0.2) is 13.1 Å². The summed E-state index contributed by atoms with van der Waals surface area (Å²) in [5.41, 5.74) is 0. The molecule has 0 saturated carbocycles. The molecule has 0 amide bonds. The Bertz CT molecular complexity index is 145.